The zero-order valence-corrected chi connectivity index (χ0v) is 9.10. The van der Waals surface area contributed by atoms with Gasteiger partial charge in [0.1, 0.15) is 0 Å². The first-order chi connectivity index (χ1) is 7.33. The van der Waals surface area contributed by atoms with Gasteiger partial charge >= 0.3 is 0 Å². The molecule has 0 radical (unpaired) electrons. The quantitative estimate of drug-likeness (QED) is 0.237. The van der Waals surface area contributed by atoms with Crippen molar-refractivity contribution in [1.29, 1.82) is 0 Å². The van der Waals surface area contributed by atoms with E-state index < -0.39 is 0 Å². The number of rotatable bonds is 5. The van der Waals surface area contributed by atoms with Gasteiger partial charge in [-0.05, 0) is 6.42 Å². The second-order valence-corrected chi connectivity index (χ2v) is 3.36. The maximum atomic E-state index is 11.4. The lowest BCUT2D eigenvalue weighted by atomic mass is 10.2. The van der Waals surface area contributed by atoms with Gasteiger partial charge in [-0.3, -0.25) is 0 Å². The van der Waals surface area contributed by atoms with Gasteiger partial charge in [-0.25, -0.2) is 4.74 Å². The number of hydrogen-bond acceptors (Lipinski definition) is 1. The molecule has 0 aliphatic carbocycles. The number of nitrogens with zero attached hydrogens (tertiary/aromatic N) is 1. The molecule has 0 atom stereocenters. The lowest BCUT2D eigenvalue weighted by Crippen LogP contribution is -2.04. The second kappa shape index (κ2) is 6.82. The number of hydroxylamine groups is 1. The van der Waals surface area contributed by atoms with Crippen molar-refractivity contribution in [2.45, 2.75) is 26.3 Å². The van der Waals surface area contributed by atoms with E-state index in [0.717, 1.165) is 16.7 Å². The van der Waals surface area contributed by atoms with Crippen molar-refractivity contribution in [3.63, 3.8) is 0 Å². The Morgan fingerprint density at radius 2 is 1.93 bits per heavy atom. The van der Waals surface area contributed by atoms with Gasteiger partial charge in [0.15, 0.2) is 12.8 Å². The molecule has 0 bridgehead atoms. The lowest BCUT2D eigenvalue weighted by molar-refractivity contribution is -0.470. The SMILES string of the molecule is CC/C=C\CC=[N+]([O-])Cc1ccccc1. The summed E-state index contributed by atoms with van der Waals surface area (Å²) < 4.78 is 0.981. The highest BCUT2D eigenvalue weighted by Gasteiger charge is 1.95. The zero-order chi connectivity index (χ0) is 10.9. The minimum Gasteiger partial charge on any atom is -0.624 e. The first-order valence-electron chi connectivity index (χ1n) is 5.29. The third kappa shape index (κ3) is 5.01. The summed E-state index contributed by atoms with van der Waals surface area (Å²) in [6.07, 6.45) is 7.47. The number of hydrogen-bond donors (Lipinski definition) is 0. The van der Waals surface area contributed by atoms with Crippen LogP contribution < -0.4 is 0 Å². The highest BCUT2D eigenvalue weighted by Crippen LogP contribution is 1.99. The Labute approximate surface area is 91.1 Å². The Morgan fingerprint density at radius 3 is 2.60 bits per heavy atom. The maximum Gasteiger partial charge on any atom is 0.178 e. The van der Waals surface area contributed by atoms with Crippen LogP contribution >= 0.6 is 0 Å². The normalized spacial score (nSPS) is 12.2. The minimum absolute atomic E-state index is 0.431. The minimum atomic E-state index is 0.431. The molecule has 0 N–H and O–H groups in total. The number of benzene rings is 1. The summed E-state index contributed by atoms with van der Waals surface area (Å²) in [6, 6.07) is 9.76. The van der Waals surface area contributed by atoms with Crippen LogP contribution in [0.15, 0.2) is 42.5 Å². The van der Waals surface area contributed by atoms with E-state index in [0.29, 0.717) is 13.0 Å². The first kappa shape index (κ1) is 11.5. The molecule has 0 spiro atoms. The highest BCUT2D eigenvalue weighted by atomic mass is 16.5. The van der Waals surface area contributed by atoms with Gasteiger partial charge in [-0.15, -0.1) is 0 Å². The van der Waals surface area contributed by atoms with Crippen LogP contribution in [0.25, 0.3) is 0 Å². The average Bonchev–Trinajstić information content (AvgIpc) is 2.26. The molecule has 0 saturated heterocycles. The van der Waals surface area contributed by atoms with Gasteiger partial charge in [0.2, 0.25) is 0 Å². The summed E-state index contributed by atoms with van der Waals surface area (Å²) >= 11 is 0. The molecule has 0 aromatic heterocycles. The fraction of sp³-hybridized carbons (Fsp3) is 0.308. The van der Waals surface area contributed by atoms with Gasteiger partial charge in [-0.2, -0.15) is 0 Å². The molecular formula is C13H17NO. The molecule has 0 amide bonds. The van der Waals surface area contributed by atoms with Crippen molar-refractivity contribution in [2.75, 3.05) is 0 Å². The van der Waals surface area contributed by atoms with Gasteiger partial charge in [0.05, 0.1) is 0 Å². The van der Waals surface area contributed by atoms with Crippen molar-refractivity contribution in [3.8, 4) is 0 Å². The van der Waals surface area contributed by atoms with E-state index in [1.165, 1.54) is 0 Å². The van der Waals surface area contributed by atoms with Crippen molar-refractivity contribution in [2.24, 2.45) is 0 Å². The van der Waals surface area contributed by atoms with E-state index in [2.05, 4.69) is 13.0 Å². The van der Waals surface area contributed by atoms with Gasteiger partial charge in [0.25, 0.3) is 0 Å². The van der Waals surface area contributed by atoms with Crippen molar-refractivity contribution < 1.29 is 4.74 Å². The van der Waals surface area contributed by atoms with Crippen LogP contribution in [0.4, 0.5) is 0 Å². The van der Waals surface area contributed by atoms with E-state index in [1.807, 2.05) is 36.4 Å². The van der Waals surface area contributed by atoms with Crippen LogP contribution in [0, 0.1) is 5.21 Å². The Balaban J connectivity index is 2.41. The van der Waals surface area contributed by atoms with Crippen LogP contribution in [0.1, 0.15) is 25.3 Å². The molecule has 0 unspecified atom stereocenters. The van der Waals surface area contributed by atoms with Crippen molar-refractivity contribution >= 4 is 6.21 Å². The lowest BCUT2D eigenvalue weighted by Gasteiger charge is -2.02. The average molecular weight is 203 g/mol. The summed E-state index contributed by atoms with van der Waals surface area (Å²) in [6.45, 7) is 2.51. The third-order valence-electron chi connectivity index (χ3n) is 2.03. The summed E-state index contributed by atoms with van der Waals surface area (Å²) in [7, 11) is 0. The molecule has 0 heterocycles. The molecule has 0 aliphatic heterocycles. The topological polar surface area (TPSA) is 26.1 Å². The maximum absolute atomic E-state index is 11.4. The molecule has 0 aliphatic rings. The predicted molar refractivity (Wildman–Crippen MR) is 63.9 cm³/mol. The van der Waals surface area contributed by atoms with E-state index in [-0.39, 0.29) is 0 Å². The molecule has 2 heteroatoms. The van der Waals surface area contributed by atoms with Crippen LogP contribution in [0.5, 0.6) is 0 Å². The first-order valence-corrected chi connectivity index (χ1v) is 5.29. The standard InChI is InChI=1S/C13H17NO/c1-2-3-4-8-11-14(15)12-13-9-6-5-7-10-13/h3-7,9-11H,2,8,12H2,1H3/b4-3-,14-11?. The van der Waals surface area contributed by atoms with Crippen LogP contribution in [0.3, 0.4) is 0 Å². The molecule has 15 heavy (non-hydrogen) atoms. The summed E-state index contributed by atoms with van der Waals surface area (Å²) in [5.41, 5.74) is 1.04. The second-order valence-electron chi connectivity index (χ2n) is 3.36. The Bertz CT molecular complexity index is 328. The van der Waals surface area contributed by atoms with E-state index in [9.17, 15) is 5.21 Å². The fourth-order valence-corrected chi connectivity index (χ4v) is 1.27. The van der Waals surface area contributed by atoms with E-state index in [1.54, 1.807) is 6.21 Å². The molecule has 1 rings (SSSR count). The molecule has 1 aromatic carbocycles. The zero-order valence-electron chi connectivity index (χ0n) is 9.10. The molecule has 0 saturated carbocycles. The Morgan fingerprint density at radius 1 is 1.20 bits per heavy atom. The van der Waals surface area contributed by atoms with Crippen LogP contribution in [-0.4, -0.2) is 11.0 Å². The van der Waals surface area contributed by atoms with Crippen LogP contribution in [0.2, 0.25) is 0 Å². The van der Waals surface area contributed by atoms with Crippen LogP contribution in [-0.2, 0) is 6.54 Å². The van der Waals surface area contributed by atoms with Gasteiger partial charge in [0, 0.05) is 12.0 Å². The van der Waals surface area contributed by atoms with E-state index >= 15 is 0 Å². The molecule has 2 nitrogen and oxygen atoms in total. The van der Waals surface area contributed by atoms with Crippen molar-refractivity contribution in [3.05, 3.63) is 53.3 Å². The monoisotopic (exact) mass is 203 g/mol. The Hall–Kier alpha value is -1.57. The smallest absolute Gasteiger partial charge is 0.178 e. The summed E-state index contributed by atoms with van der Waals surface area (Å²) in [5, 5.41) is 11.4. The number of allylic oxidation sites excluding steroid dienone is 2. The fourth-order valence-electron chi connectivity index (χ4n) is 1.27. The van der Waals surface area contributed by atoms with Crippen molar-refractivity contribution in [1.82, 2.24) is 0 Å². The summed E-state index contributed by atoms with van der Waals surface area (Å²) in [4.78, 5) is 0. The molecule has 0 fully saturated rings. The predicted octanol–water partition coefficient (Wildman–Crippen LogP) is 3.12. The Kier molecular flexibility index (Phi) is 5.23. The molecule has 1 aromatic rings. The summed E-state index contributed by atoms with van der Waals surface area (Å²) in [5.74, 6) is 0. The largest absolute Gasteiger partial charge is 0.624 e. The molecule has 80 valence electrons. The third-order valence-corrected chi connectivity index (χ3v) is 2.03. The molecular weight excluding hydrogens is 186 g/mol. The van der Waals surface area contributed by atoms with Gasteiger partial charge in [-0.1, -0.05) is 49.4 Å². The highest BCUT2D eigenvalue weighted by molar-refractivity contribution is 5.53. The van der Waals surface area contributed by atoms with E-state index in [4.69, 9.17) is 0 Å². The van der Waals surface area contributed by atoms with Gasteiger partial charge < -0.3 is 5.21 Å².